The second kappa shape index (κ2) is 7.69. The van der Waals surface area contributed by atoms with Crippen LogP contribution in [0.1, 0.15) is 70.8 Å². The first-order valence-electron chi connectivity index (χ1n) is 12.2. The Labute approximate surface area is 185 Å². The molecule has 1 aromatic rings. The van der Waals surface area contributed by atoms with Gasteiger partial charge < -0.3 is 5.11 Å². The average Bonchev–Trinajstić information content (AvgIpc) is 3.11. The van der Waals surface area contributed by atoms with Gasteiger partial charge in [0.15, 0.2) is 5.78 Å². The average molecular weight is 423 g/mol. The first-order chi connectivity index (χ1) is 14.8. The van der Waals surface area contributed by atoms with Gasteiger partial charge >= 0.3 is 0 Å². The molecule has 3 saturated carbocycles. The molecular formula is C28H35FO2. The van der Waals surface area contributed by atoms with E-state index in [1.165, 1.54) is 24.1 Å². The van der Waals surface area contributed by atoms with E-state index in [2.05, 4.69) is 19.9 Å². The normalized spacial score (nSPS) is 41.9. The minimum Gasteiger partial charge on any atom is -0.393 e. The minimum atomic E-state index is -0.253. The summed E-state index contributed by atoms with van der Waals surface area (Å²) in [5.41, 5.74) is 2.70. The van der Waals surface area contributed by atoms with Gasteiger partial charge in [0.05, 0.1) is 6.10 Å². The van der Waals surface area contributed by atoms with Gasteiger partial charge in [-0.3, -0.25) is 4.79 Å². The van der Waals surface area contributed by atoms with Crippen LogP contribution >= 0.6 is 0 Å². The Hall–Kier alpha value is -1.74. The molecule has 3 heteroatoms. The molecule has 7 atom stereocenters. The number of halogens is 1. The SMILES string of the molecule is C[C@]12CCC(O)CC1=CC[C@@H]1C2CC[C@@]2(C)C1CC[C@@H]2C(=O)/C=C/c1ccc(F)cc1. The molecule has 4 aliphatic rings. The molecule has 5 rings (SSSR count). The second-order valence-corrected chi connectivity index (χ2v) is 11.1. The van der Waals surface area contributed by atoms with Crippen molar-refractivity contribution in [1.82, 2.24) is 0 Å². The van der Waals surface area contributed by atoms with Crippen LogP contribution in [0.4, 0.5) is 4.39 Å². The van der Waals surface area contributed by atoms with Crippen LogP contribution in [0.15, 0.2) is 42.0 Å². The van der Waals surface area contributed by atoms with Crippen LogP contribution in [0.25, 0.3) is 6.08 Å². The minimum absolute atomic E-state index is 0.0846. The number of carbonyl (C=O) groups excluding carboxylic acids is 1. The van der Waals surface area contributed by atoms with E-state index in [0.717, 1.165) is 50.5 Å². The third-order valence-corrected chi connectivity index (χ3v) is 9.73. The topological polar surface area (TPSA) is 37.3 Å². The van der Waals surface area contributed by atoms with Crippen molar-refractivity contribution in [3.63, 3.8) is 0 Å². The fourth-order valence-electron chi connectivity index (χ4n) is 7.98. The van der Waals surface area contributed by atoms with Crippen LogP contribution in [0.2, 0.25) is 0 Å². The van der Waals surface area contributed by atoms with Crippen LogP contribution in [0.3, 0.4) is 0 Å². The third kappa shape index (κ3) is 3.44. The molecule has 166 valence electrons. The number of carbonyl (C=O) groups is 1. The van der Waals surface area contributed by atoms with Gasteiger partial charge in [-0.1, -0.05) is 43.7 Å². The summed E-state index contributed by atoms with van der Waals surface area (Å²) in [7, 11) is 0. The monoisotopic (exact) mass is 422 g/mol. The van der Waals surface area contributed by atoms with Crippen LogP contribution in [0.5, 0.6) is 0 Å². The van der Waals surface area contributed by atoms with E-state index in [1.807, 2.05) is 6.08 Å². The van der Waals surface area contributed by atoms with E-state index in [9.17, 15) is 14.3 Å². The smallest absolute Gasteiger partial charge is 0.159 e. The molecule has 31 heavy (non-hydrogen) atoms. The Morgan fingerprint density at radius 1 is 1.06 bits per heavy atom. The zero-order valence-electron chi connectivity index (χ0n) is 18.8. The van der Waals surface area contributed by atoms with Gasteiger partial charge in [0, 0.05) is 5.92 Å². The van der Waals surface area contributed by atoms with Gasteiger partial charge in [-0.05, 0) is 104 Å². The molecule has 0 aliphatic heterocycles. The summed E-state index contributed by atoms with van der Waals surface area (Å²) in [6.45, 7) is 4.83. The summed E-state index contributed by atoms with van der Waals surface area (Å²) in [4.78, 5) is 13.2. The number of ketones is 1. The highest BCUT2D eigenvalue weighted by atomic mass is 19.1. The zero-order chi connectivity index (χ0) is 21.8. The van der Waals surface area contributed by atoms with Gasteiger partial charge in [-0.25, -0.2) is 4.39 Å². The molecule has 0 amide bonds. The van der Waals surface area contributed by atoms with Crippen molar-refractivity contribution in [1.29, 1.82) is 0 Å². The molecule has 4 aliphatic carbocycles. The predicted octanol–water partition coefficient (Wildman–Crippen LogP) is 6.35. The standard InChI is InChI=1S/C28H35FO2/c1-27-15-13-21(30)17-19(27)6-9-22-23-10-11-25(28(23,2)16-14-24(22)27)26(31)12-5-18-3-7-20(29)8-4-18/h3-8,12,21-25,30H,9-11,13-17H2,1-2H3/b12-5+/t21?,22-,23?,24?,25+,27-,28-/m0/s1. The fraction of sp³-hybridized carbons (Fsp3) is 0.607. The number of benzene rings is 1. The van der Waals surface area contributed by atoms with E-state index in [4.69, 9.17) is 0 Å². The van der Waals surface area contributed by atoms with Crippen molar-refractivity contribution in [2.75, 3.05) is 0 Å². The summed E-state index contributed by atoms with van der Waals surface area (Å²) < 4.78 is 13.1. The molecule has 1 N–H and O–H groups in total. The van der Waals surface area contributed by atoms with E-state index in [1.54, 1.807) is 18.2 Å². The van der Waals surface area contributed by atoms with Crippen LogP contribution in [-0.4, -0.2) is 17.0 Å². The lowest BCUT2D eigenvalue weighted by Gasteiger charge is -2.57. The molecule has 0 spiro atoms. The number of rotatable bonds is 3. The van der Waals surface area contributed by atoms with Crippen molar-refractivity contribution in [3.8, 4) is 0 Å². The van der Waals surface area contributed by atoms with Gasteiger partial charge in [0.1, 0.15) is 5.82 Å². The number of allylic oxidation sites excluding steroid dienone is 2. The van der Waals surface area contributed by atoms with Crippen molar-refractivity contribution < 1.29 is 14.3 Å². The number of aliphatic hydroxyl groups is 1. The molecule has 0 bridgehead atoms. The Balaban J connectivity index is 1.35. The second-order valence-electron chi connectivity index (χ2n) is 11.1. The fourth-order valence-corrected chi connectivity index (χ4v) is 7.98. The van der Waals surface area contributed by atoms with Crippen molar-refractivity contribution in [2.45, 2.75) is 71.3 Å². The lowest BCUT2D eigenvalue weighted by Crippen LogP contribution is -2.50. The molecule has 2 nitrogen and oxygen atoms in total. The molecule has 3 fully saturated rings. The lowest BCUT2D eigenvalue weighted by molar-refractivity contribution is -0.124. The van der Waals surface area contributed by atoms with Gasteiger partial charge in [0.2, 0.25) is 0 Å². The summed E-state index contributed by atoms with van der Waals surface area (Å²) >= 11 is 0. The highest BCUT2D eigenvalue weighted by molar-refractivity contribution is 5.96. The van der Waals surface area contributed by atoms with Gasteiger partial charge in [-0.15, -0.1) is 0 Å². The highest BCUT2D eigenvalue weighted by Gasteiger charge is 2.59. The lowest BCUT2D eigenvalue weighted by atomic mass is 9.47. The molecule has 3 unspecified atom stereocenters. The van der Waals surface area contributed by atoms with Crippen LogP contribution < -0.4 is 0 Å². The summed E-state index contributed by atoms with van der Waals surface area (Å²) in [5, 5.41) is 10.2. The number of fused-ring (bicyclic) bond motifs is 5. The highest BCUT2D eigenvalue weighted by Crippen LogP contribution is 2.66. The van der Waals surface area contributed by atoms with Crippen LogP contribution in [0, 0.1) is 40.3 Å². The van der Waals surface area contributed by atoms with Crippen molar-refractivity contribution in [2.24, 2.45) is 34.5 Å². The van der Waals surface area contributed by atoms with Crippen molar-refractivity contribution in [3.05, 3.63) is 53.4 Å². The Morgan fingerprint density at radius 2 is 1.84 bits per heavy atom. The number of hydrogen-bond donors (Lipinski definition) is 1. The van der Waals surface area contributed by atoms with Crippen LogP contribution in [-0.2, 0) is 4.79 Å². The maximum Gasteiger partial charge on any atom is 0.159 e. The molecule has 0 aromatic heterocycles. The maximum absolute atomic E-state index is 13.2. The van der Waals surface area contributed by atoms with Gasteiger partial charge in [-0.2, -0.15) is 0 Å². The van der Waals surface area contributed by atoms with Gasteiger partial charge in [0.25, 0.3) is 0 Å². The first-order valence-corrected chi connectivity index (χ1v) is 12.2. The Morgan fingerprint density at radius 3 is 2.61 bits per heavy atom. The van der Waals surface area contributed by atoms with E-state index < -0.39 is 0 Å². The van der Waals surface area contributed by atoms with E-state index in [-0.39, 0.29) is 34.5 Å². The Bertz CT molecular complexity index is 915. The first kappa shape index (κ1) is 21.1. The predicted molar refractivity (Wildman–Crippen MR) is 122 cm³/mol. The molecule has 0 saturated heterocycles. The molecule has 1 aromatic carbocycles. The quantitative estimate of drug-likeness (QED) is 0.455. The summed E-state index contributed by atoms with van der Waals surface area (Å²) in [6, 6.07) is 6.32. The molecule has 0 radical (unpaired) electrons. The molecular weight excluding hydrogens is 387 g/mol. The number of hydrogen-bond acceptors (Lipinski definition) is 2. The maximum atomic E-state index is 13.2. The van der Waals surface area contributed by atoms with E-state index >= 15 is 0 Å². The van der Waals surface area contributed by atoms with E-state index in [0.29, 0.717) is 17.8 Å². The Kier molecular flexibility index (Phi) is 5.24. The third-order valence-electron chi connectivity index (χ3n) is 9.73. The summed E-state index contributed by atoms with van der Waals surface area (Å²) in [5.74, 6) is 2.06. The summed E-state index contributed by atoms with van der Waals surface area (Å²) in [6.07, 6.45) is 14.4. The largest absolute Gasteiger partial charge is 0.393 e. The zero-order valence-corrected chi connectivity index (χ0v) is 18.8. The molecule has 0 heterocycles. The van der Waals surface area contributed by atoms with Crippen molar-refractivity contribution >= 4 is 11.9 Å². The number of aliphatic hydroxyl groups excluding tert-OH is 1.